The van der Waals surface area contributed by atoms with E-state index < -0.39 is 24.3 Å². The predicted molar refractivity (Wildman–Crippen MR) is 81.5 cm³/mol. The van der Waals surface area contributed by atoms with Crippen molar-refractivity contribution in [1.29, 1.82) is 0 Å². The van der Waals surface area contributed by atoms with E-state index in [9.17, 15) is 14.0 Å². The van der Waals surface area contributed by atoms with Crippen LogP contribution < -0.4 is 5.32 Å². The van der Waals surface area contributed by atoms with Gasteiger partial charge in [0.15, 0.2) is 6.61 Å². The number of aryl methyl sites for hydroxylation is 1. The van der Waals surface area contributed by atoms with E-state index in [1.165, 1.54) is 12.1 Å². The monoisotopic (exact) mass is 321 g/mol. The number of hydrogen-bond acceptors (Lipinski definition) is 3. The maximum atomic E-state index is 13.5. The summed E-state index contributed by atoms with van der Waals surface area (Å²) in [5.41, 5.74) is 1.10. The maximum Gasteiger partial charge on any atom is 0.338 e. The molecule has 114 valence electrons. The Hall–Kier alpha value is -2.40. The highest BCUT2D eigenvalue weighted by molar-refractivity contribution is 6.30. The lowest BCUT2D eigenvalue weighted by Crippen LogP contribution is -2.21. The number of halogens is 2. The Kier molecular flexibility index (Phi) is 5.12. The number of hydrogen-bond donors (Lipinski definition) is 1. The van der Waals surface area contributed by atoms with E-state index in [1.807, 2.05) is 0 Å². The molecule has 2 aromatic carbocycles. The molecule has 6 heteroatoms. The zero-order valence-electron chi connectivity index (χ0n) is 11.7. The topological polar surface area (TPSA) is 55.4 Å². The van der Waals surface area contributed by atoms with Crippen molar-refractivity contribution < 1.29 is 18.7 Å². The molecule has 0 aliphatic heterocycles. The van der Waals surface area contributed by atoms with Crippen LogP contribution in [0.3, 0.4) is 0 Å². The molecule has 22 heavy (non-hydrogen) atoms. The molecule has 0 heterocycles. The highest BCUT2D eigenvalue weighted by atomic mass is 35.5. The van der Waals surface area contributed by atoms with Crippen molar-refractivity contribution in [2.24, 2.45) is 0 Å². The molecular formula is C16H13ClFNO3. The fourth-order valence-electron chi connectivity index (χ4n) is 1.79. The molecule has 0 aliphatic rings. The highest BCUT2D eigenvalue weighted by Crippen LogP contribution is 2.18. The van der Waals surface area contributed by atoms with Gasteiger partial charge in [-0.1, -0.05) is 29.8 Å². The average molecular weight is 322 g/mol. The fourth-order valence-corrected chi connectivity index (χ4v) is 1.95. The summed E-state index contributed by atoms with van der Waals surface area (Å²) >= 11 is 5.62. The maximum absolute atomic E-state index is 13.5. The smallest absolute Gasteiger partial charge is 0.338 e. The second-order valence-corrected chi connectivity index (χ2v) is 5.00. The molecule has 0 unspecified atom stereocenters. The van der Waals surface area contributed by atoms with E-state index >= 15 is 0 Å². The summed E-state index contributed by atoms with van der Waals surface area (Å²) in [6, 6.07) is 10.7. The van der Waals surface area contributed by atoms with Crippen LogP contribution in [-0.2, 0) is 9.53 Å². The second kappa shape index (κ2) is 7.04. The number of anilines is 1. The van der Waals surface area contributed by atoms with E-state index in [-0.39, 0.29) is 10.7 Å². The second-order valence-electron chi connectivity index (χ2n) is 4.56. The third kappa shape index (κ3) is 4.05. The highest BCUT2D eigenvalue weighted by Gasteiger charge is 2.13. The molecule has 0 atom stereocenters. The molecule has 0 aliphatic carbocycles. The first-order chi connectivity index (χ1) is 10.5. The van der Waals surface area contributed by atoms with Crippen molar-refractivity contribution in [1.82, 2.24) is 0 Å². The minimum absolute atomic E-state index is 0.0265. The average Bonchev–Trinajstić information content (AvgIpc) is 2.48. The standard InChI is InChI=1S/C16H13ClFNO3/c1-10-4-2-3-5-12(10)16(21)22-9-15(20)19-14-7-6-11(17)8-13(14)18/h2-8H,9H2,1H3,(H,19,20). The summed E-state index contributed by atoms with van der Waals surface area (Å²) in [6.07, 6.45) is 0. The van der Waals surface area contributed by atoms with Gasteiger partial charge in [-0.25, -0.2) is 9.18 Å². The van der Waals surface area contributed by atoms with Crippen LogP contribution in [0.15, 0.2) is 42.5 Å². The van der Waals surface area contributed by atoms with Crippen LogP contribution in [0, 0.1) is 12.7 Å². The first-order valence-corrected chi connectivity index (χ1v) is 6.83. The number of esters is 1. The molecule has 0 fully saturated rings. The molecule has 2 aromatic rings. The number of rotatable bonds is 4. The summed E-state index contributed by atoms with van der Waals surface area (Å²) < 4.78 is 18.4. The van der Waals surface area contributed by atoms with Gasteiger partial charge in [0.2, 0.25) is 0 Å². The van der Waals surface area contributed by atoms with Crippen LogP contribution in [-0.4, -0.2) is 18.5 Å². The molecule has 0 radical (unpaired) electrons. The van der Waals surface area contributed by atoms with Gasteiger partial charge >= 0.3 is 5.97 Å². The number of amides is 1. The molecule has 4 nitrogen and oxygen atoms in total. The summed E-state index contributed by atoms with van der Waals surface area (Å²) in [5.74, 6) is -1.90. The van der Waals surface area contributed by atoms with Gasteiger partial charge in [0.05, 0.1) is 11.3 Å². The van der Waals surface area contributed by atoms with E-state index in [4.69, 9.17) is 16.3 Å². The zero-order valence-corrected chi connectivity index (χ0v) is 12.5. The van der Waals surface area contributed by atoms with Crippen LogP contribution >= 0.6 is 11.6 Å². The first kappa shape index (κ1) is 16.0. The molecule has 0 spiro atoms. The minimum atomic E-state index is -0.661. The number of carbonyl (C=O) groups is 2. The van der Waals surface area contributed by atoms with Gasteiger partial charge < -0.3 is 10.1 Å². The van der Waals surface area contributed by atoms with Gasteiger partial charge in [0.25, 0.3) is 5.91 Å². The van der Waals surface area contributed by atoms with E-state index in [1.54, 1.807) is 31.2 Å². The van der Waals surface area contributed by atoms with Gasteiger partial charge in [-0.05, 0) is 36.8 Å². The van der Waals surface area contributed by atoms with Crippen molar-refractivity contribution in [2.75, 3.05) is 11.9 Å². The number of carbonyl (C=O) groups excluding carboxylic acids is 2. The number of ether oxygens (including phenoxy) is 1. The summed E-state index contributed by atoms with van der Waals surface area (Å²) in [7, 11) is 0. The lowest BCUT2D eigenvalue weighted by atomic mass is 10.1. The van der Waals surface area contributed by atoms with Crippen molar-refractivity contribution >= 4 is 29.2 Å². The molecule has 0 saturated heterocycles. The summed E-state index contributed by atoms with van der Waals surface area (Å²) in [4.78, 5) is 23.5. The normalized spacial score (nSPS) is 10.1. The molecule has 0 saturated carbocycles. The van der Waals surface area contributed by atoms with Gasteiger partial charge in [0.1, 0.15) is 5.82 Å². The molecule has 2 rings (SSSR count). The first-order valence-electron chi connectivity index (χ1n) is 6.45. The number of nitrogens with one attached hydrogen (secondary N) is 1. The third-order valence-electron chi connectivity index (χ3n) is 2.90. The lowest BCUT2D eigenvalue weighted by molar-refractivity contribution is -0.119. The van der Waals surface area contributed by atoms with Gasteiger partial charge in [-0.3, -0.25) is 4.79 Å². The molecule has 1 amide bonds. The van der Waals surface area contributed by atoms with Crippen LogP contribution in [0.2, 0.25) is 5.02 Å². The van der Waals surface area contributed by atoms with Crippen LogP contribution in [0.25, 0.3) is 0 Å². The van der Waals surface area contributed by atoms with Crippen LogP contribution in [0.5, 0.6) is 0 Å². The fraction of sp³-hybridized carbons (Fsp3) is 0.125. The van der Waals surface area contributed by atoms with Crippen molar-refractivity contribution in [2.45, 2.75) is 6.92 Å². The lowest BCUT2D eigenvalue weighted by Gasteiger charge is -2.08. The Balaban J connectivity index is 1.93. The van der Waals surface area contributed by atoms with Crippen LogP contribution in [0.1, 0.15) is 15.9 Å². The predicted octanol–water partition coefficient (Wildman–Crippen LogP) is 3.58. The largest absolute Gasteiger partial charge is 0.452 e. The van der Waals surface area contributed by atoms with Gasteiger partial charge in [-0.2, -0.15) is 0 Å². The Morgan fingerprint density at radius 2 is 1.95 bits per heavy atom. The number of benzene rings is 2. The quantitative estimate of drug-likeness (QED) is 0.876. The van der Waals surface area contributed by atoms with E-state index in [2.05, 4.69) is 5.32 Å². The van der Waals surface area contributed by atoms with Crippen molar-refractivity contribution in [3.8, 4) is 0 Å². The SMILES string of the molecule is Cc1ccccc1C(=O)OCC(=O)Nc1ccc(Cl)cc1F. The summed E-state index contributed by atoms with van der Waals surface area (Å²) in [6.45, 7) is 1.26. The van der Waals surface area contributed by atoms with Crippen LogP contribution in [0.4, 0.5) is 10.1 Å². The Morgan fingerprint density at radius 1 is 1.23 bits per heavy atom. The van der Waals surface area contributed by atoms with Crippen molar-refractivity contribution in [3.63, 3.8) is 0 Å². The molecule has 0 aromatic heterocycles. The third-order valence-corrected chi connectivity index (χ3v) is 3.14. The molecule has 0 bridgehead atoms. The Labute approximate surface area is 131 Å². The van der Waals surface area contributed by atoms with E-state index in [0.29, 0.717) is 5.56 Å². The van der Waals surface area contributed by atoms with Crippen molar-refractivity contribution in [3.05, 3.63) is 64.4 Å². The zero-order chi connectivity index (χ0) is 16.1. The Bertz CT molecular complexity index is 718. The van der Waals surface area contributed by atoms with E-state index in [0.717, 1.165) is 11.6 Å². The summed E-state index contributed by atoms with van der Waals surface area (Å²) in [5, 5.41) is 2.53. The molecule has 1 N–H and O–H groups in total. The van der Waals surface area contributed by atoms with Gasteiger partial charge in [0, 0.05) is 5.02 Å². The van der Waals surface area contributed by atoms with Gasteiger partial charge in [-0.15, -0.1) is 0 Å². The molecular weight excluding hydrogens is 309 g/mol. The minimum Gasteiger partial charge on any atom is -0.452 e. The Morgan fingerprint density at radius 3 is 2.64 bits per heavy atom.